The van der Waals surface area contributed by atoms with Gasteiger partial charge in [-0.05, 0) is 58.2 Å². The number of benzene rings is 1. The number of unbranched alkanes of at least 4 members (excludes halogenated alkanes) is 2. The lowest BCUT2D eigenvalue weighted by molar-refractivity contribution is -0.142. The van der Waals surface area contributed by atoms with E-state index in [0.717, 1.165) is 19.3 Å². The van der Waals surface area contributed by atoms with Crippen molar-refractivity contribution in [3.8, 4) is 5.75 Å². The van der Waals surface area contributed by atoms with Gasteiger partial charge in [0.2, 0.25) is 11.8 Å². The summed E-state index contributed by atoms with van der Waals surface area (Å²) in [7, 11) is 0. The first kappa shape index (κ1) is 27.3. The van der Waals surface area contributed by atoms with Crippen molar-refractivity contribution >= 4 is 17.9 Å². The predicted octanol–water partition coefficient (Wildman–Crippen LogP) is 3.89. The van der Waals surface area contributed by atoms with Gasteiger partial charge in [-0.1, -0.05) is 38.8 Å². The van der Waals surface area contributed by atoms with Gasteiger partial charge >= 0.3 is 6.09 Å². The summed E-state index contributed by atoms with van der Waals surface area (Å²) in [5.41, 5.74) is -0.189. The van der Waals surface area contributed by atoms with Gasteiger partial charge in [-0.25, -0.2) is 4.79 Å². The van der Waals surface area contributed by atoms with Crippen molar-refractivity contribution in [2.24, 2.45) is 0 Å². The molecule has 32 heavy (non-hydrogen) atoms. The van der Waals surface area contributed by atoms with Crippen molar-refractivity contribution in [3.63, 3.8) is 0 Å². The zero-order valence-electron chi connectivity index (χ0n) is 20.2. The van der Waals surface area contributed by atoms with Crippen LogP contribution in [0.2, 0.25) is 0 Å². The van der Waals surface area contributed by atoms with Crippen molar-refractivity contribution in [2.45, 2.75) is 84.9 Å². The molecule has 3 amide bonds. The van der Waals surface area contributed by atoms with Crippen molar-refractivity contribution in [1.82, 2.24) is 15.5 Å². The molecule has 0 aromatic heterocycles. The van der Waals surface area contributed by atoms with Crippen molar-refractivity contribution in [3.05, 3.63) is 29.8 Å². The lowest BCUT2D eigenvalue weighted by Crippen LogP contribution is -2.52. The fourth-order valence-electron chi connectivity index (χ4n) is 3.14. The standard InChI is InChI=1S/C24H39N3O5/c1-7-9-14-25-21(29)20(18-12-11-13-19(28)16-18)27(15-10-8-2)22(30)17(3)26-23(31)32-24(4,5)6/h11-13,16-17,20,28H,7-10,14-15H2,1-6H3,(H,25,29)(H,26,31). The summed E-state index contributed by atoms with van der Waals surface area (Å²) in [5.74, 6) is -0.710. The monoisotopic (exact) mass is 449 g/mol. The molecule has 0 fully saturated rings. The van der Waals surface area contributed by atoms with E-state index in [-0.39, 0.29) is 11.7 Å². The Morgan fingerprint density at radius 1 is 1.12 bits per heavy atom. The number of phenolic OH excluding ortho intramolecular Hbond substituents is 1. The van der Waals surface area contributed by atoms with E-state index in [1.54, 1.807) is 39.8 Å². The minimum atomic E-state index is -0.930. The first-order valence-corrected chi connectivity index (χ1v) is 11.4. The molecule has 0 aliphatic carbocycles. The van der Waals surface area contributed by atoms with Crippen molar-refractivity contribution in [1.29, 1.82) is 0 Å². The van der Waals surface area contributed by atoms with Crippen LogP contribution in [-0.4, -0.2) is 52.6 Å². The van der Waals surface area contributed by atoms with Crippen molar-refractivity contribution < 1.29 is 24.2 Å². The van der Waals surface area contributed by atoms with Gasteiger partial charge in [-0.15, -0.1) is 0 Å². The second-order valence-corrected chi connectivity index (χ2v) is 8.90. The molecule has 0 radical (unpaired) electrons. The topological polar surface area (TPSA) is 108 Å². The van der Waals surface area contributed by atoms with E-state index < -0.39 is 29.7 Å². The number of carbonyl (C=O) groups is 3. The number of hydrogen-bond donors (Lipinski definition) is 3. The van der Waals surface area contributed by atoms with E-state index in [1.165, 1.54) is 17.0 Å². The van der Waals surface area contributed by atoms with Crippen LogP contribution in [0.5, 0.6) is 5.75 Å². The van der Waals surface area contributed by atoms with Gasteiger partial charge in [0.1, 0.15) is 23.4 Å². The molecule has 0 spiro atoms. The Bertz CT molecular complexity index is 760. The number of ether oxygens (including phenoxy) is 1. The summed E-state index contributed by atoms with van der Waals surface area (Å²) in [5, 5.41) is 15.4. The minimum Gasteiger partial charge on any atom is -0.508 e. The molecule has 3 N–H and O–H groups in total. The number of hydrogen-bond acceptors (Lipinski definition) is 5. The number of rotatable bonds is 11. The summed E-state index contributed by atoms with van der Waals surface area (Å²) < 4.78 is 5.26. The number of nitrogens with zero attached hydrogens (tertiary/aromatic N) is 1. The van der Waals surface area contributed by atoms with Crippen LogP contribution in [0.3, 0.4) is 0 Å². The fourth-order valence-corrected chi connectivity index (χ4v) is 3.14. The third kappa shape index (κ3) is 9.16. The molecule has 180 valence electrons. The molecule has 2 atom stereocenters. The van der Waals surface area contributed by atoms with Crippen LogP contribution in [0.4, 0.5) is 4.79 Å². The van der Waals surface area contributed by atoms with Crippen molar-refractivity contribution in [2.75, 3.05) is 13.1 Å². The summed E-state index contributed by atoms with van der Waals surface area (Å²) in [6.45, 7) is 11.6. The maximum Gasteiger partial charge on any atom is 0.408 e. The highest BCUT2D eigenvalue weighted by molar-refractivity contribution is 5.92. The Morgan fingerprint density at radius 2 is 1.78 bits per heavy atom. The van der Waals surface area contributed by atoms with E-state index in [4.69, 9.17) is 4.74 Å². The molecule has 0 aliphatic heterocycles. The van der Waals surface area contributed by atoms with E-state index in [9.17, 15) is 19.5 Å². The van der Waals surface area contributed by atoms with E-state index in [2.05, 4.69) is 10.6 Å². The van der Waals surface area contributed by atoms with Crippen LogP contribution in [0, 0.1) is 0 Å². The molecule has 1 aromatic carbocycles. The predicted molar refractivity (Wildman–Crippen MR) is 124 cm³/mol. The van der Waals surface area contributed by atoms with Crippen LogP contribution in [-0.2, 0) is 14.3 Å². The maximum atomic E-state index is 13.4. The first-order valence-electron chi connectivity index (χ1n) is 11.4. The number of amides is 3. The van der Waals surface area contributed by atoms with Gasteiger partial charge in [0, 0.05) is 13.1 Å². The number of aromatic hydroxyl groups is 1. The van der Waals surface area contributed by atoms with Crippen LogP contribution < -0.4 is 10.6 Å². The molecule has 1 aromatic rings. The lowest BCUT2D eigenvalue weighted by atomic mass is 10.0. The summed E-state index contributed by atoms with van der Waals surface area (Å²) in [4.78, 5) is 40.2. The SMILES string of the molecule is CCCCNC(=O)C(c1cccc(O)c1)N(CCCC)C(=O)C(C)NC(=O)OC(C)(C)C. The molecule has 0 saturated carbocycles. The number of carbonyl (C=O) groups excluding carboxylic acids is 3. The van der Waals surface area contributed by atoms with Gasteiger partial charge < -0.3 is 25.4 Å². The Kier molecular flexibility index (Phi) is 11.0. The molecule has 8 nitrogen and oxygen atoms in total. The van der Waals surface area contributed by atoms with Gasteiger partial charge in [0.15, 0.2) is 0 Å². The summed E-state index contributed by atoms with van der Waals surface area (Å²) in [6, 6.07) is 4.53. The number of phenols is 1. The highest BCUT2D eigenvalue weighted by Gasteiger charge is 2.34. The minimum absolute atomic E-state index is 0.0108. The van der Waals surface area contributed by atoms with Crippen LogP contribution in [0.15, 0.2) is 24.3 Å². The Morgan fingerprint density at radius 3 is 2.34 bits per heavy atom. The van der Waals surface area contributed by atoms with Gasteiger partial charge in [0.05, 0.1) is 0 Å². The number of alkyl carbamates (subject to hydrolysis) is 1. The molecule has 0 aliphatic rings. The summed E-state index contributed by atoms with van der Waals surface area (Å²) in [6.07, 6.45) is 2.55. The Labute approximate surface area is 191 Å². The van der Waals surface area contributed by atoms with E-state index >= 15 is 0 Å². The smallest absolute Gasteiger partial charge is 0.408 e. The first-order chi connectivity index (χ1) is 15.0. The quantitative estimate of drug-likeness (QED) is 0.444. The van der Waals surface area contributed by atoms with Gasteiger partial charge in [0.25, 0.3) is 0 Å². The lowest BCUT2D eigenvalue weighted by Gasteiger charge is -2.33. The molecule has 2 unspecified atom stereocenters. The van der Waals surface area contributed by atoms with Gasteiger partial charge in [-0.2, -0.15) is 0 Å². The summed E-state index contributed by atoms with van der Waals surface area (Å²) >= 11 is 0. The van der Waals surface area contributed by atoms with Crippen LogP contribution in [0.1, 0.15) is 78.8 Å². The Hall–Kier alpha value is -2.77. The third-order valence-electron chi connectivity index (χ3n) is 4.71. The average Bonchev–Trinajstić information content (AvgIpc) is 2.69. The van der Waals surface area contributed by atoms with E-state index in [0.29, 0.717) is 25.1 Å². The van der Waals surface area contributed by atoms with Crippen LogP contribution in [0.25, 0.3) is 0 Å². The highest BCUT2D eigenvalue weighted by atomic mass is 16.6. The molecule has 1 rings (SSSR count). The van der Waals surface area contributed by atoms with Crippen LogP contribution >= 0.6 is 0 Å². The zero-order chi connectivity index (χ0) is 24.3. The molecular formula is C24H39N3O5. The third-order valence-corrected chi connectivity index (χ3v) is 4.71. The second-order valence-electron chi connectivity index (χ2n) is 8.90. The molecule has 0 heterocycles. The second kappa shape index (κ2) is 12.9. The molecule has 8 heteroatoms. The van der Waals surface area contributed by atoms with Gasteiger partial charge in [-0.3, -0.25) is 9.59 Å². The Balaban J connectivity index is 3.22. The fraction of sp³-hybridized carbons (Fsp3) is 0.625. The highest BCUT2D eigenvalue weighted by Crippen LogP contribution is 2.26. The number of nitrogens with one attached hydrogen (secondary N) is 2. The maximum absolute atomic E-state index is 13.4. The molecule has 0 bridgehead atoms. The molecule has 0 saturated heterocycles. The normalized spacial score (nSPS) is 13.1. The average molecular weight is 450 g/mol. The zero-order valence-corrected chi connectivity index (χ0v) is 20.2. The molecular weight excluding hydrogens is 410 g/mol. The largest absolute Gasteiger partial charge is 0.508 e. The van der Waals surface area contributed by atoms with E-state index in [1.807, 2.05) is 13.8 Å².